The number of nitrogens with zero attached hydrogens (tertiary/aromatic N) is 1. The Morgan fingerprint density at radius 2 is 2.15 bits per heavy atom. The van der Waals surface area contributed by atoms with Crippen LogP contribution in [-0.4, -0.2) is 71.8 Å². The van der Waals surface area contributed by atoms with Gasteiger partial charge in [-0.3, -0.25) is 4.79 Å². The van der Waals surface area contributed by atoms with Gasteiger partial charge in [0.1, 0.15) is 0 Å². The molecule has 0 aromatic heterocycles. The molecule has 74 valence electrons. The summed E-state index contributed by atoms with van der Waals surface area (Å²) in [6.45, 7) is 0. The van der Waals surface area contributed by atoms with Crippen molar-refractivity contribution in [2.24, 2.45) is 0 Å². The Labute approximate surface area is 105 Å². The Kier molecular flexibility index (Phi) is 11.5. The summed E-state index contributed by atoms with van der Waals surface area (Å²) in [5.74, 6) is -0.209. The van der Waals surface area contributed by atoms with Gasteiger partial charge in [0.05, 0.1) is 6.10 Å². The van der Waals surface area contributed by atoms with Crippen LogP contribution in [0.4, 0.5) is 0 Å². The molecule has 1 unspecified atom stereocenters. The monoisotopic (exact) mass is 219 g/mol. The first-order valence-electron chi connectivity index (χ1n) is 3.68. The van der Waals surface area contributed by atoms with Crippen LogP contribution in [0.1, 0.15) is 12.8 Å². The topological polar surface area (TPSA) is 49.8 Å². The number of alkyl halides is 1. The molecule has 1 atom stereocenters. The number of hydrogen-bond acceptors (Lipinski definition) is 4. The zero-order chi connectivity index (χ0) is 9.56. The summed E-state index contributed by atoms with van der Waals surface area (Å²) in [6.07, 6.45) is -0.0937. The summed E-state index contributed by atoms with van der Waals surface area (Å²) in [6, 6.07) is 0. The first-order chi connectivity index (χ1) is 5.56. The molecule has 0 saturated carbocycles. The van der Waals surface area contributed by atoms with Crippen LogP contribution in [0, 0.1) is 0 Å². The number of halogens is 1. The number of rotatable bonds is 5. The van der Waals surface area contributed by atoms with E-state index < -0.39 is 6.10 Å². The van der Waals surface area contributed by atoms with Gasteiger partial charge in [-0.2, -0.15) is 0 Å². The zero-order valence-corrected chi connectivity index (χ0v) is 8.04. The molecule has 0 fully saturated rings. The molecule has 0 amide bonds. The molecule has 4 nitrogen and oxygen atoms in total. The summed E-state index contributed by atoms with van der Waals surface area (Å²) in [5, 5.41) is 10.3. The molecule has 0 heterocycles. The predicted octanol–water partition coefficient (Wildman–Crippen LogP) is -0.262. The molecule has 1 N–H and O–H groups in total. The fraction of sp³-hybridized carbons (Fsp3) is 0.857. The van der Waals surface area contributed by atoms with Crippen molar-refractivity contribution in [1.29, 1.82) is 0 Å². The van der Waals surface area contributed by atoms with E-state index in [1.54, 1.807) is 14.1 Å². The molecule has 0 saturated heterocycles. The van der Waals surface area contributed by atoms with E-state index in [0.717, 1.165) is 0 Å². The minimum absolute atomic E-state index is 0. The van der Waals surface area contributed by atoms with Gasteiger partial charge in [-0.25, -0.2) is 0 Å². The van der Waals surface area contributed by atoms with E-state index in [9.17, 15) is 4.79 Å². The molecule has 0 rings (SSSR count). The molecule has 0 radical (unpaired) electrons. The van der Waals surface area contributed by atoms with E-state index >= 15 is 0 Å². The van der Waals surface area contributed by atoms with Crippen LogP contribution in [0.25, 0.3) is 0 Å². The van der Waals surface area contributed by atoms with Crippen LogP contribution >= 0.6 is 11.6 Å². The number of aliphatic hydroxyl groups excluding tert-OH is 1. The molecular weight excluding hydrogens is 205 g/mol. The standard InChI is InChI=1S/C7H14ClNO3.Na.H/c1-9(2)12-7(11)4-3-6(10)5-8;;/h6,10H,3-5H2,1-2H3;;. The second kappa shape index (κ2) is 9.24. The van der Waals surface area contributed by atoms with Crippen molar-refractivity contribution >= 4 is 47.1 Å². The Balaban J connectivity index is 0. The zero-order valence-electron chi connectivity index (χ0n) is 7.29. The predicted molar refractivity (Wildman–Crippen MR) is 52.9 cm³/mol. The van der Waals surface area contributed by atoms with Gasteiger partial charge in [-0.15, -0.1) is 16.7 Å². The number of hydroxylamine groups is 2. The average molecular weight is 220 g/mol. The van der Waals surface area contributed by atoms with Crippen LogP contribution < -0.4 is 0 Å². The molecule has 0 aliphatic heterocycles. The van der Waals surface area contributed by atoms with E-state index in [4.69, 9.17) is 16.7 Å². The molecule has 13 heavy (non-hydrogen) atoms. The van der Waals surface area contributed by atoms with Crippen LogP contribution in [0.15, 0.2) is 0 Å². The van der Waals surface area contributed by atoms with Gasteiger partial charge in [0.25, 0.3) is 0 Å². The average Bonchev–Trinajstić information content (AvgIpc) is 1.99. The molecule has 0 aromatic carbocycles. The molecule has 0 spiro atoms. The quantitative estimate of drug-likeness (QED) is 0.393. The van der Waals surface area contributed by atoms with Crippen molar-refractivity contribution in [1.82, 2.24) is 5.06 Å². The van der Waals surface area contributed by atoms with E-state index in [1.807, 2.05) is 0 Å². The van der Waals surface area contributed by atoms with Gasteiger partial charge < -0.3 is 9.94 Å². The van der Waals surface area contributed by atoms with Crippen molar-refractivity contribution in [3.8, 4) is 0 Å². The Bertz CT molecular complexity index is 146. The van der Waals surface area contributed by atoms with Crippen LogP contribution in [0.2, 0.25) is 0 Å². The summed E-state index contributed by atoms with van der Waals surface area (Å²) in [7, 11) is 3.24. The third kappa shape index (κ3) is 10.6. The second-order valence-electron chi connectivity index (χ2n) is 2.62. The number of carbonyl (C=O) groups is 1. The minimum atomic E-state index is -0.624. The van der Waals surface area contributed by atoms with Gasteiger partial charge in [-0.1, -0.05) is 0 Å². The molecule has 6 heteroatoms. The van der Waals surface area contributed by atoms with Crippen molar-refractivity contribution in [2.75, 3.05) is 20.0 Å². The van der Waals surface area contributed by atoms with Crippen LogP contribution in [0.5, 0.6) is 0 Å². The summed E-state index contributed by atoms with van der Waals surface area (Å²) >= 11 is 5.33. The van der Waals surface area contributed by atoms with Crippen LogP contribution in [0.3, 0.4) is 0 Å². The Morgan fingerprint density at radius 1 is 1.62 bits per heavy atom. The normalized spacial score (nSPS) is 12.1. The summed E-state index contributed by atoms with van der Waals surface area (Å²) < 4.78 is 0. The third-order valence-corrected chi connectivity index (χ3v) is 1.50. The molecule has 0 aromatic rings. The summed E-state index contributed by atoms with van der Waals surface area (Å²) in [4.78, 5) is 15.5. The Hall–Kier alpha value is 0.680. The van der Waals surface area contributed by atoms with Crippen molar-refractivity contribution in [2.45, 2.75) is 18.9 Å². The van der Waals surface area contributed by atoms with Crippen molar-refractivity contribution < 1.29 is 14.7 Å². The number of hydrogen-bond donors (Lipinski definition) is 1. The van der Waals surface area contributed by atoms with Gasteiger partial charge in [0, 0.05) is 26.4 Å². The van der Waals surface area contributed by atoms with Gasteiger partial charge in [0.15, 0.2) is 0 Å². The van der Waals surface area contributed by atoms with Crippen LogP contribution in [-0.2, 0) is 9.63 Å². The second-order valence-corrected chi connectivity index (χ2v) is 2.93. The van der Waals surface area contributed by atoms with Gasteiger partial charge in [-0.05, 0) is 6.42 Å². The van der Waals surface area contributed by atoms with Gasteiger partial charge in [0.2, 0.25) is 0 Å². The molecule has 0 bridgehead atoms. The molecule has 0 aliphatic rings. The maximum atomic E-state index is 10.9. The SMILES string of the molecule is CN(C)OC(=O)CCC(O)CCl.[NaH]. The van der Waals surface area contributed by atoms with E-state index in [-0.39, 0.29) is 47.8 Å². The fourth-order valence-electron chi connectivity index (χ4n) is 0.611. The van der Waals surface area contributed by atoms with Crippen molar-refractivity contribution in [3.05, 3.63) is 0 Å². The van der Waals surface area contributed by atoms with Gasteiger partial charge >= 0.3 is 35.5 Å². The first kappa shape index (κ1) is 16.1. The number of aliphatic hydroxyl groups is 1. The number of carbonyl (C=O) groups excluding carboxylic acids is 1. The molecule has 0 aliphatic carbocycles. The Morgan fingerprint density at radius 3 is 2.54 bits per heavy atom. The van der Waals surface area contributed by atoms with Crippen molar-refractivity contribution in [3.63, 3.8) is 0 Å². The maximum absolute atomic E-state index is 10.9. The summed E-state index contributed by atoms with van der Waals surface area (Å²) in [5.41, 5.74) is 0. The first-order valence-corrected chi connectivity index (χ1v) is 4.22. The third-order valence-electron chi connectivity index (χ3n) is 1.14. The molecular formula is C7H15ClNNaO3. The fourth-order valence-corrected chi connectivity index (χ4v) is 0.765. The van der Waals surface area contributed by atoms with E-state index in [2.05, 4.69) is 4.84 Å². The van der Waals surface area contributed by atoms with E-state index in [0.29, 0.717) is 6.42 Å². The van der Waals surface area contributed by atoms with E-state index in [1.165, 1.54) is 5.06 Å².